The summed E-state index contributed by atoms with van der Waals surface area (Å²) in [5.41, 5.74) is 1.79. The smallest absolute Gasteiger partial charge is 0.223 e. The number of carbonyl (C=O) groups is 1. The van der Waals surface area contributed by atoms with E-state index in [2.05, 4.69) is 20.4 Å². The Kier molecular flexibility index (Phi) is 6.74. The Balaban J connectivity index is 1.56. The standard InChI is InChI=1S/C21H28N4O4/c1-14-5-6-19(24-23-14)25-9-7-16(8-10-25)21(26)22-13-15-11-17(27-2)20(29-4)18(12-15)28-3/h5-6,11-12,16H,7-10,13H2,1-4H3,(H,22,26). The van der Waals surface area contributed by atoms with Gasteiger partial charge >= 0.3 is 0 Å². The van der Waals surface area contributed by atoms with Crippen LogP contribution in [0, 0.1) is 12.8 Å². The second-order valence-electron chi connectivity index (χ2n) is 7.05. The minimum Gasteiger partial charge on any atom is -0.493 e. The first kappa shape index (κ1) is 20.7. The van der Waals surface area contributed by atoms with Crippen molar-refractivity contribution in [2.45, 2.75) is 26.3 Å². The predicted octanol–water partition coefficient (Wildman–Crippen LogP) is 2.34. The maximum Gasteiger partial charge on any atom is 0.223 e. The molecule has 1 N–H and O–H groups in total. The van der Waals surface area contributed by atoms with Gasteiger partial charge in [-0.2, -0.15) is 5.10 Å². The highest BCUT2D eigenvalue weighted by atomic mass is 16.5. The Hall–Kier alpha value is -3.03. The molecule has 0 atom stereocenters. The van der Waals surface area contributed by atoms with E-state index in [1.54, 1.807) is 21.3 Å². The lowest BCUT2D eigenvalue weighted by Crippen LogP contribution is -2.40. The lowest BCUT2D eigenvalue weighted by atomic mass is 9.96. The van der Waals surface area contributed by atoms with E-state index in [1.165, 1.54) is 0 Å². The molecule has 8 nitrogen and oxygen atoms in total. The number of aromatic nitrogens is 2. The topological polar surface area (TPSA) is 85.8 Å². The molecule has 29 heavy (non-hydrogen) atoms. The van der Waals surface area contributed by atoms with Crippen LogP contribution in [-0.2, 0) is 11.3 Å². The van der Waals surface area contributed by atoms with E-state index in [0.717, 1.165) is 43.0 Å². The number of aryl methyl sites for hydroxylation is 1. The summed E-state index contributed by atoms with van der Waals surface area (Å²) in [6.45, 7) is 3.90. The zero-order chi connectivity index (χ0) is 20.8. The normalized spacial score (nSPS) is 14.4. The Morgan fingerprint density at radius 2 is 1.72 bits per heavy atom. The zero-order valence-electron chi connectivity index (χ0n) is 17.4. The summed E-state index contributed by atoms with van der Waals surface area (Å²) >= 11 is 0. The van der Waals surface area contributed by atoms with Gasteiger partial charge in [-0.3, -0.25) is 4.79 Å². The molecule has 2 heterocycles. The van der Waals surface area contributed by atoms with E-state index < -0.39 is 0 Å². The first-order chi connectivity index (χ1) is 14.0. The number of ether oxygens (including phenoxy) is 3. The van der Waals surface area contributed by atoms with Crippen LogP contribution in [0.1, 0.15) is 24.1 Å². The van der Waals surface area contributed by atoms with Crippen LogP contribution >= 0.6 is 0 Å². The van der Waals surface area contributed by atoms with Crippen LogP contribution in [0.25, 0.3) is 0 Å². The van der Waals surface area contributed by atoms with Crippen molar-refractivity contribution in [2.75, 3.05) is 39.3 Å². The molecule has 2 aromatic rings. The second kappa shape index (κ2) is 9.45. The predicted molar refractivity (Wildman–Crippen MR) is 110 cm³/mol. The molecule has 1 fully saturated rings. The van der Waals surface area contributed by atoms with Crippen molar-refractivity contribution in [1.29, 1.82) is 0 Å². The number of piperidine rings is 1. The average Bonchev–Trinajstić information content (AvgIpc) is 2.77. The molecule has 1 saturated heterocycles. The molecule has 1 aliphatic rings. The van der Waals surface area contributed by atoms with Gasteiger partial charge in [0.2, 0.25) is 11.7 Å². The molecule has 156 valence electrons. The van der Waals surface area contributed by atoms with Crippen molar-refractivity contribution < 1.29 is 19.0 Å². The van der Waals surface area contributed by atoms with E-state index in [4.69, 9.17) is 14.2 Å². The molecule has 0 saturated carbocycles. The number of carbonyl (C=O) groups excluding carboxylic acids is 1. The summed E-state index contributed by atoms with van der Waals surface area (Å²) < 4.78 is 16.1. The molecule has 3 rings (SSSR count). The summed E-state index contributed by atoms with van der Waals surface area (Å²) in [6.07, 6.45) is 1.58. The summed E-state index contributed by atoms with van der Waals surface area (Å²) in [6, 6.07) is 7.63. The van der Waals surface area contributed by atoms with Crippen molar-refractivity contribution >= 4 is 11.7 Å². The van der Waals surface area contributed by atoms with Crippen LogP contribution in [0.5, 0.6) is 17.2 Å². The molecule has 8 heteroatoms. The Morgan fingerprint density at radius 1 is 1.07 bits per heavy atom. The van der Waals surface area contributed by atoms with E-state index in [-0.39, 0.29) is 11.8 Å². The van der Waals surface area contributed by atoms with E-state index in [9.17, 15) is 4.79 Å². The summed E-state index contributed by atoms with van der Waals surface area (Å²) in [5, 5.41) is 11.4. The fourth-order valence-corrected chi connectivity index (χ4v) is 3.50. The summed E-state index contributed by atoms with van der Waals surface area (Å²) in [7, 11) is 4.72. The molecule has 1 aliphatic heterocycles. The first-order valence-corrected chi connectivity index (χ1v) is 9.67. The van der Waals surface area contributed by atoms with Crippen LogP contribution in [0.2, 0.25) is 0 Å². The molecule has 0 spiro atoms. The van der Waals surface area contributed by atoms with Gasteiger partial charge in [0.25, 0.3) is 0 Å². The minimum absolute atomic E-state index is 0.00769. The molecule has 1 aromatic carbocycles. The highest BCUT2D eigenvalue weighted by Gasteiger charge is 2.25. The van der Waals surface area contributed by atoms with Gasteiger partial charge in [-0.1, -0.05) is 0 Å². The van der Waals surface area contributed by atoms with Crippen LogP contribution in [0.15, 0.2) is 24.3 Å². The van der Waals surface area contributed by atoms with Crippen molar-refractivity contribution in [3.8, 4) is 17.2 Å². The van der Waals surface area contributed by atoms with Crippen molar-refractivity contribution in [3.05, 3.63) is 35.5 Å². The third kappa shape index (κ3) is 4.88. The van der Waals surface area contributed by atoms with Crippen LogP contribution in [-0.4, -0.2) is 50.5 Å². The Labute approximate surface area is 171 Å². The Morgan fingerprint density at radius 3 is 2.24 bits per heavy atom. The number of nitrogens with one attached hydrogen (secondary N) is 1. The number of methoxy groups -OCH3 is 3. The SMILES string of the molecule is COc1cc(CNC(=O)C2CCN(c3ccc(C)nn3)CC2)cc(OC)c1OC. The molecular formula is C21H28N4O4. The number of nitrogens with zero attached hydrogens (tertiary/aromatic N) is 3. The third-order valence-corrected chi connectivity index (χ3v) is 5.16. The summed E-state index contributed by atoms with van der Waals surface area (Å²) in [4.78, 5) is 14.8. The quantitative estimate of drug-likeness (QED) is 0.763. The third-order valence-electron chi connectivity index (χ3n) is 5.16. The molecule has 0 aliphatic carbocycles. The van der Waals surface area contributed by atoms with Gasteiger partial charge in [0.15, 0.2) is 17.3 Å². The van der Waals surface area contributed by atoms with Gasteiger partial charge in [-0.05, 0) is 49.6 Å². The molecule has 0 radical (unpaired) electrons. The van der Waals surface area contributed by atoms with Crippen molar-refractivity contribution in [3.63, 3.8) is 0 Å². The fourth-order valence-electron chi connectivity index (χ4n) is 3.50. The maximum atomic E-state index is 12.6. The largest absolute Gasteiger partial charge is 0.493 e. The average molecular weight is 400 g/mol. The van der Waals surface area contributed by atoms with Gasteiger partial charge in [0, 0.05) is 25.6 Å². The van der Waals surface area contributed by atoms with E-state index in [0.29, 0.717) is 23.8 Å². The van der Waals surface area contributed by atoms with Gasteiger partial charge in [-0.15, -0.1) is 5.10 Å². The van der Waals surface area contributed by atoms with Crippen LogP contribution in [0.4, 0.5) is 5.82 Å². The van der Waals surface area contributed by atoms with E-state index >= 15 is 0 Å². The molecule has 0 bridgehead atoms. The molecule has 0 unspecified atom stereocenters. The van der Waals surface area contributed by atoms with Crippen molar-refractivity contribution in [1.82, 2.24) is 15.5 Å². The highest BCUT2D eigenvalue weighted by molar-refractivity contribution is 5.79. The van der Waals surface area contributed by atoms with Gasteiger partial charge in [-0.25, -0.2) is 0 Å². The van der Waals surface area contributed by atoms with E-state index in [1.807, 2.05) is 31.2 Å². The maximum absolute atomic E-state index is 12.6. The van der Waals surface area contributed by atoms with Gasteiger partial charge < -0.3 is 24.4 Å². The van der Waals surface area contributed by atoms with Crippen LogP contribution < -0.4 is 24.4 Å². The highest BCUT2D eigenvalue weighted by Crippen LogP contribution is 2.38. The Bertz CT molecular complexity index is 808. The molecular weight excluding hydrogens is 372 g/mol. The number of anilines is 1. The monoisotopic (exact) mass is 400 g/mol. The van der Waals surface area contributed by atoms with Gasteiger partial charge in [0.05, 0.1) is 27.0 Å². The lowest BCUT2D eigenvalue weighted by Gasteiger charge is -2.31. The van der Waals surface area contributed by atoms with Crippen LogP contribution in [0.3, 0.4) is 0 Å². The molecule has 1 amide bonds. The fraction of sp³-hybridized carbons (Fsp3) is 0.476. The number of rotatable bonds is 7. The second-order valence-corrected chi connectivity index (χ2v) is 7.05. The van der Waals surface area contributed by atoms with Gasteiger partial charge in [0.1, 0.15) is 0 Å². The summed E-state index contributed by atoms with van der Waals surface area (Å²) in [5.74, 6) is 2.61. The minimum atomic E-state index is -0.00769. The lowest BCUT2D eigenvalue weighted by molar-refractivity contribution is -0.125. The number of hydrogen-bond donors (Lipinski definition) is 1. The number of hydrogen-bond acceptors (Lipinski definition) is 7. The van der Waals surface area contributed by atoms with Crippen molar-refractivity contribution in [2.24, 2.45) is 5.92 Å². The number of benzene rings is 1. The zero-order valence-corrected chi connectivity index (χ0v) is 17.4. The first-order valence-electron chi connectivity index (χ1n) is 9.67. The molecule has 1 aromatic heterocycles. The number of amides is 1.